The zero-order valence-electron chi connectivity index (χ0n) is 12.8. The third-order valence-corrected chi connectivity index (χ3v) is 4.04. The number of hydrogen-bond acceptors (Lipinski definition) is 4. The summed E-state index contributed by atoms with van der Waals surface area (Å²) in [6.45, 7) is 8.45. The Morgan fingerprint density at radius 1 is 1.30 bits per heavy atom. The van der Waals surface area contributed by atoms with Gasteiger partial charge >= 0.3 is 0 Å². The van der Waals surface area contributed by atoms with Crippen LogP contribution in [0, 0.1) is 0 Å². The maximum absolute atomic E-state index is 12.1. The molecule has 2 aliphatic rings. The van der Waals surface area contributed by atoms with Gasteiger partial charge < -0.3 is 14.7 Å². The first-order valence-corrected chi connectivity index (χ1v) is 7.78. The van der Waals surface area contributed by atoms with E-state index in [1.807, 2.05) is 18.7 Å². The molecule has 0 radical (unpaired) electrons. The van der Waals surface area contributed by atoms with Crippen LogP contribution in [0.15, 0.2) is 0 Å². The van der Waals surface area contributed by atoms with Crippen LogP contribution in [0.3, 0.4) is 0 Å². The van der Waals surface area contributed by atoms with Gasteiger partial charge in [-0.3, -0.25) is 9.69 Å². The van der Waals surface area contributed by atoms with Gasteiger partial charge in [0.2, 0.25) is 5.91 Å². The van der Waals surface area contributed by atoms with Crippen LogP contribution in [-0.2, 0) is 9.53 Å². The SMILES string of the molecule is CC(C)(O)CN1CCN(C(=O)CCC2CCCO2)CC1. The summed E-state index contributed by atoms with van der Waals surface area (Å²) in [5.41, 5.74) is -0.661. The van der Waals surface area contributed by atoms with Crippen LogP contribution < -0.4 is 0 Å². The summed E-state index contributed by atoms with van der Waals surface area (Å²) in [6, 6.07) is 0. The first-order chi connectivity index (χ1) is 9.44. The lowest BCUT2D eigenvalue weighted by atomic mass is 10.1. The topological polar surface area (TPSA) is 53.0 Å². The van der Waals surface area contributed by atoms with Crippen LogP contribution in [0.5, 0.6) is 0 Å². The van der Waals surface area contributed by atoms with E-state index in [1.54, 1.807) is 0 Å². The molecule has 0 spiro atoms. The van der Waals surface area contributed by atoms with Crippen LogP contribution in [0.25, 0.3) is 0 Å². The van der Waals surface area contributed by atoms with E-state index in [1.165, 1.54) is 0 Å². The van der Waals surface area contributed by atoms with Crippen LogP contribution in [0.1, 0.15) is 39.5 Å². The van der Waals surface area contributed by atoms with E-state index in [0.29, 0.717) is 19.1 Å². The average Bonchev–Trinajstić information content (AvgIpc) is 2.88. The molecule has 2 heterocycles. The molecule has 0 aliphatic carbocycles. The second kappa shape index (κ2) is 6.87. The predicted molar refractivity (Wildman–Crippen MR) is 77.5 cm³/mol. The van der Waals surface area contributed by atoms with Gasteiger partial charge in [-0.15, -0.1) is 0 Å². The highest BCUT2D eigenvalue weighted by atomic mass is 16.5. The zero-order chi connectivity index (χ0) is 14.6. The van der Waals surface area contributed by atoms with Gasteiger partial charge in [0.1, 0.15) is 0 Å². The highest BCUT2D eigenvalue weighted by Crippen LogP contribution is 2.18. The van der Waals surface area contributed by atoms with E-state index >= 15 is 0 Å². The lowest BCUT2D eigenvalue weighted by molar-refractivity contribution is -0.133. The van der Waals surface area contributed by atoms with Crippen molar-refractivity contribution in [3.63, 3.8) is 0 Å². The molecule has 0 aromatic heterocycles. The number of aliphatic hydroxyl groups is 1. The Bertz CT molecular complexity index is 314. The smallest absolute Gasteiger partial charge is 0.222 e. The highest BCUT2D eigenvalue weighted by molar-refractivity contribution is 5.76. The second-order valence-electron chi connectivity index (χ2n) is 6.64. The lowest BCUT2D eigenvalue weighted by Gasteiger charge is -2.37. The number of carbonyl (C=O) groups is 1. The average molecular weight is 284 g/mol. The molecule has 20 heavy (non-hydrogen) atoms. The Morgan fingerprint density at radius 2 is 2.00 bits per heavy atom. The molecule has 1 N–H and O–H groups in total. The fourth-order valence-corrected chi connectivity index (χ4v) is 3.02. The molecule has 116 valence electrons. The van der Waals surface area contributed by atoms with Crippen LogP contribution in [0.2, 0.25) is 0 Å². The quantitative estimate of drug-likeness (QED) is 0.813. The van der Waals surface area contributed by atoms with E-state index in [2.05, 4.69) is 4.90 Å². The molecule has 2 saturated heterocycles. The van der Waals surface area contributed by atoms with Gasteiger partial charge in [-0.25, -0.2) is 0 Å². The van der Waals surface area contributed by atoms with E-state index in [-0.39, 0.29) is 5.91 Å². The number of β-amino-alcohol motifs (C(OH)–C–C–N with tert-alkyl or cyclic N) is 1. The van der Waals surface area contributed by atoms with E-state index in [0.717, 1.165) is 52.0 Å². The van der Waals surface area contributed by atoms with Crippen molar-refractivity contribution in [2.75, 3.05) is 39.3 Å². The minimum absolute atomic E-state index is 0.253. The minimum Gasteiger partial charge on any atom is -0.389 e. The Hall–Kier alpha value is -0.650. The second-order valence-corrected chi connectivity index (χ2v) is 6.64. The molecule has 1 unspecified atom stereocenters. The number of carbonyl (C=O) groups excluding carboxylic acids is 1. The van der Waals surface area contributed by atoms with Crippen molar-refractivity contribution < 1.29 is 14.6 Å². The monoisotopic (exact) mass is 284 g/mol. The summed E-state index contributed by atoms with van der Waals surface area (Å²) in [7, 11) is 0. The fraction of sp³-hybridized carbons (Fsp3) is 0.933. The Morgan fingerprint density at radius 3 is 2.55 bits per heavy atom. The first-order valence-electron chi connectivity index (χ1n) is 7.78. The maximum Gasteiger partial charge on any atom is 0.222 e. The summed E-state index contributed by atoms with van der Waals surface area (Å²) in [4.78, 5) is 16.3. The third kappa shape index (κ3) is 5.04. The van der Waals surface area contributed by atoms with Crippen molar-refractivity contribution in [3.05, 3.63) is 0 Å². The number of piperazine rings is 1. The Kier molecular flexibility index (Phi) is 5.41. The van der Waals surface area contributed by atoms with Gasteiger partial charge in [-0.1, -0.05) is 0 Å². The van der Waals surface area contributed by atoms with E-state index in [9.17, 15) is 9.90 Å². The molecule has 1 atom stereocenters. The minimum atomic E-state index is -0.661. The van der Waals surface area contributed by atoms with Crippen LogP contribution >= 0.6 is 0 Å². The van der Waals surface area contributed by atoms with Crippen molar-refractivity contribution in [2.45, 2.75) is 51.2 Å². The largest absolute Gasteiger partial charge is 0.389 e. The molecule has 0 aromatic rings. The molecule has 2 rings (SSSR count). The molecule has 0 bridgehead atoms. The molecule has 1 amide bonds. The van der Waals surface area contributed by atoms with Crippen molar-refractivity contribution >= 4 is 5.91 Å². The van der Waals surface area contributed by atoms with Gasteiger partial charge in [0.25, 0.3) is 0 Å². The maximum atomic E-state index is 12.1. The van der Waals surface area contributed by atoms with Gasteiger partial charge in [-0.05, 0) is 33.1 Å². The number of rotatable bonds is 5. The van der Waals surface area contributed by atoms with Crippen molar-refractivity contribution in [1.29, 1.82) is 0 Å². The molecule has 2 aliphatic heterocycles. The molecule has 2 fully saturated rings. The number of ether oxygens (including phenoxy) is 1. The number of nitrogens with zero attached hydrogens (tertiary/aromatic N) is 2. The van der Waals surface area contributed by atoms with E-state index in [4.69, 9.17) is 4.74 Å². The molecule has 0 saturated carbocycles. The Balaban J connectivity index is 1.66. The van der Waals surface area contributed by atoms with Crippen molar-refractivity contribution in [3.8, 4) is 0 Å². The van der Waals surface area contributed by atoms with Gasteiger partial charge in [-0.2, -0.15) is 0 Å². The third-order valence-electron chi connectivity index (χ3n) is 4.04. The molecule has 0 aromatic carbocycles. The summed E-state index contributed by atoms with van der Waals surface area (Å²) in [6.07, 6.45) is 4.01. The van der Waals surface area contributed by atoms with Gasteiger partial charge in [0.05, 0.1) is 11.7 Å². The first kappa shape index (κ1) is 15.7. The van der Waals surface area contributed by atoms with Crippen molar-refractivity contribution in [2.24, 2.45) is 0 Å². The molecular formula is C15H28N2O3. The summed E-state index contributed by atoms with van der Waals surface area (Å²) in [5, 5.41) is 9.81. The predicted octanol–water partition coefficient (Wildman–Crippen LogP) is 0.861. The van der Waals surface area contributed by atoms with Crippen molar-refractivity contribution in [1.82, 2.24) is 9.80 Å². The summed E-state index contributed by atoms with van der Waals surface area (Å²) < 4.78 is 5.56. The molecular weight excluding hydrogens is 256 g/mol. The summed E-state index contributed by atoms with van der Waals surface area (Å²) >= 11 is 0. The fourth-order valence-electron chi connectivity index (χ4n) is 3.02. The van der Waals surface area contributed by atoms with E-state index < -0.39 is 5.60 Å². The zero-order valence-corrected chi connectivity index (χ0v) is 12.8. The molecule has 5 heteroatoms. The summed E-state index contributed by atoms with van der Waals surface area (Å²) in [5.74, 6) is 0.253. The van der Waals surface area contributed by atoms with Crippen LogP contribution in [0.4, 0.5) is 0 Å². The number of hydrogen-bond donors (Lipinski definition) is 1. The van der Waals surface area contributed by atoms with Gasteiger partial charge in [0, 0.05) is 45.8 Å². The van der Waals surface area contributed by atoms with Gasteiger partial charge in [0.15, 0.2) is 0 Å². The molecule has 5 nitrogen and oxygen atoms in total. The Labute approximate surface area is 121 Å². The normalized spacial score (nSPS) is 25.1. The highest BCUT2D eigenvalue weighted by Gasteiger charge is 2.25. The number of amides is 1. The standard InChI is InChI=1S/C15H28N2O3/c1-15(2,19)12-16-7-9-17(10-8-16)14(18)6-5-13-4-3-11-20-13/h13,19H,3-12H2,1-2H3. The lowest BCUT2D eigenvalue weighted by Crippen LogP contribution is -2.52. The van der Waals surface area contributed by atoms with Crippen LogP contribution in [-0.4, -0.2) is 71.8 Å².